The molecule has 0 radical (unpaired) electrons. The summed E-state index contributed by atoms with van der Waals surface area (Å²) in [5.41, 5.74) is 2.82. The molecule has 0 fully saturated rings. The van der Waals surface area contributed by atoms with Gasteiger partial charge in [0.15, 0.2) is 14.9 Å². The van der Waals surface area contributed by atoms with Gasteiger partial charge in [0.05, 0.1) is 12.3 Å². The van der Waals surface area contributed by atoms with Gasteiger partial charge in [-0.15, -0.1) is 0 Å². The number of unbranched alkanes of at least 4 members (excludes halogenated alkanes) is 1. The molecule has 1 aromatic carbocycles. The number of rotatable bonds is 6. The Balaban J connectivity index is 0.000000541. The molecule has 0 aliphatic heterocycles. The fourth-order valence-corrected chi connectivity index (χ4v) is 1.80. The van der Waals surface area contributed by atoms with Crippen LogP contribution in [-0.2, 0) is 11.1 Å². The Labute approximate surface area is 134 Å². The van der Waals surface area contributed by atoms with Crippen LogP contribution in [0.5, 0.6) is 0 Å². The monoisotopic (exact) mass is 318 g/mol. The average molecular weight is 318 g/mol. The van der Waals surface area contributed by atoms with Crippen LogP contribution in [0.4, 0.5) is 0 Å². The van der Waals surface area contributed by atoms with Crippen molar-refractivity contribution in [2.75, 3.05) is 0 Å². The first-order chi connectivity index (χ1) is 10.7. The largest absolute Gasteiger partial charge is 0.352 e. The van der Waals surface area contributed by atoms with E-state index in [0.29, 0.717) is 12.4 Å². The van der Waals surface area contributed by atoms with Crippen molar-refractivity contribution < 1.29 is 9.42 Å². The third-order valence-electron chi connectivity index (χ3n) is 2.88. The highest BCUT2D eigenvalue weighted by Crippen LogP contribution is 2.20. The highest BCUT2D eigenvalue weighted by molar-refractivity contribution is 7.24. The maximum Gasteiger partial charge on any atom is 0.152 e. The maximum atomic E-state index is 8.66. The molecule has 0 spiro atoms. The van der Waals surface area contributed by atoms with Crippen molar-refractivity contribution in [3.63, 3.8) is 0 Å². The topological polar surface area (TPSA) is 55.2 Å². The summed E-state index contributed by atoms with van der Waals surface area (Å²) in [4.78, 5) is 17.1. The number of hydrogen-bond acceptors (Lipinski definition) is 4. The highest BCUT2D eigenvalue weighted by atomic mass is 31.1. The number of nitrogens with zero attached hydrogens (tertiary/aromatic N) is 2. The molecule has 0 aliphatic rings. The molecule has 0 saturated carbocycles. The smallest absolute Gasteiger partial charge is 0.152 e. The molecule has 4 nitrogen and oxygen atoms in total. The molecule has 1 heterocycles. The third kappa shape index (κ3) is 6.44. The first-order valence-corrected chi connectivity index (χ1v) is 8.16. The van der Waals surface area contributed by atoms with Gasteiger partial charge >= 0.3 is 0 Å². The van der Waals surface area contributed by atoms with Gasteiger partial charge in [0, 0.05) is 11.8 Å². The fraction of sp³-hybridized carbons (Fsp3) is 0.294. The van der Waals surface area contributed by atoms with E-state index in [1.807, 2.05) is 30.3 Å². The van der Waals surface area contributed by atoms with Crippen LogP contribution in [0.3, 0.4) is 0 Å². The SMILES string of the molecule is C=Cc1nccc(-c2cccc(COPO)c2)n1.CCCC. The van der Waals surface area contributed by atoms with Gasteiger partial charge in [0.2, 0.25) is 0 Å². The Morgan fingerprint density at radius 1 is 1.27 bits per heavy atom. The lowest BCUT2D eigenvalue weighted by molar-refractivity contribution is 0.316. The summed E-state index contributed by atoms with van der Waals surface area (Å²) >= 11 is 0. The molecule has 118 valence electrons. The van der Waals surface area contributed by atoms with Gasteiger partial charge in [-0.05, 0) is 23.8 Å². The van der Waals surface area contributed by atoms with Crippen LogP contribution in [0.1, 0.15) is 38.1 Å². The molecule has 0 bridgehead atoms. The Hall–Kier alpha value is -1.61. The molecule has 0 saturated heterocycles. The van der Waals surface area contributed by atoms with E-state index in [2.05, 4.69) is 30.4 Å². The fourth-order valence-electron chi connectivity index (χ4n) is 1.57. The average Bonchev–Trinajstić information content (AvgIpc) is 2.60. The van der Waals surface area contributed by atoms with Crippen LogP contribution in [-0.4, -0.2) is 14.9 Å². The summed E-state index contributed by atoms with van der Waals surface area (Å²) in [6.07, 6.45) is 5.96. The molecule has 1 atom stereocenters. The van der Waals surface area contributed by atoms with E-state index in [1.54, 1.807) is 12.3 Å². The molecule has 22 heavy (non-hydrogen) atoms. The lowest BCUT2D eigenvalue weighted by Crippen LogP contribution is -1.91. The molecule has 5 heteroatoms. The second-order valence-electron chi connectivity index (χ2n) is 4.58. The van der Waals surface area contributed by atoms with E-state index in [0.717, 1.165) is 16.8 Å². The number of benzene rings is 1. The van der Waals surface area contributed by atoms with Crippen molar-refractivity contribution in [1.29, 1.82) is 0 Å². The van der Waals surface area contributed by atoms with E-state index >= 15 is 0 Å². The molecular formula is C17H23N2O2P. The van der Waals surface area contributed by atoms with E-state index in [9.17, 15) is 0 Å². The number of hydrogen-bond donors (Lipinski definition) is 1. The van der Waals surface area contributed by atoms with Crippen LogP contribution in [0.15, 0.2) is 43.1 Å². The molecule has 0 amide bonds. The zero-order valence-electron chi connectivity index (χ0n) is 13.1. The summed E-state index contributed by atoms with van der Waals surface area (Å²) in [6.45, 7) is 8.40. The maximum absolute atomic E-state index is 8.66. The Morgan fingerprint density at radius 2 is 2.05 bits per heavy atom. The van der Waals surface area contributed by atoms with Crippen molar-refractivity contribution in [1.82, 2.24) is 9.97 Å². The van der Waals surface area contributed by atoms with Gasteiger partial charge in [0.1, 0.15) is 0 Å². The van der Waals surface area contributed by atoms with Crippen molar-refractivity contribution in [2.24, 2.45) is 0 Å². The molecule has 1 N–H and O–H groups in total. The third-order valence-corrected chi connectivity index (χ3v) is 3.16. The summed E-state index contributed by atoms with van der Waals surface area (Å²) < 4.78 is 4.99. The molecule has 1 unspecified atom stereocenters. The lowest BCUT2D eigenvalue weighted by atomic mass is 10.1. The molecule has 2 rings (SSSR count). The summed E-state index contributed by atoms with van der Waals surface area (Å²) in [5, 5.41) is 0. The zero-order chi connectivity index (χ0) is 16.2. The first kappa shape index (κ1) is 18.4. The van der Waals surface area contributed by atoms with Crippen molar-refractivity contribution in [3.05, 3.63) is 54.5 Å². The van der Waals surface area contributed by atoms with E-state index in [-0.39, 0.29) is 0 Å². The van der Waals surface area contributed by atoms with Crippen molar-refractivity contribution in [2.45, 2.75) is 33.3 Å². The Bertz CT molecular complexity index is 574. The minimum atomic E-state index is -0.494. The van der Waals surface area contributed by atoms with Crippen LogP contribution >= 0.6 is 9.03 Å². The molecular weight excluding hydrogens is 295 g/mol. The first-order valence-electron chi connectivity index (χ1n) is 7.30. The second-order valence-corrected chi connectivity index (χ2v) is 5.06. The summed E-state index contributed by atoms with van der Waals surface area (Å²) in [5.74, 6) is 0.603. The van der Waals surface area contributed by atoms with Crippen molar-refractivity contribution >= 4 is 15.1 Å². The van der Waals surface area contributed by atoms with Crippen LogP contribution in [0, 0.1) is 0 Å². The van der Waals surface area contributed by atoms with Gasteiger partial charge in [-0.25, -0.2) is 9.97 Å². The normalized spacial score (nSPS) is 10.3. The van der Waals surface area contributed by atoms with Crippen LogP contribution in [0.2, 0.25) is 0 Å². The zero-order valence-corrected chi connectivity index (χ0v) is 14.1. The van der Waals surface area contributed by atoms with Gasteiger partial charge in [-0.3, -0.25) is 0 Å². The minimum Gasteiger partial charge on any atom is -0.352 e. The predicted molar refractivity (Wildman–Crippen MR) is 93.5 cm³/mol. The molecule has 2 aromatic rings. The van der Waals surface area contributed by atoms with E-state index in [1.165, 1.54) is 12.8 Å². The predicted octanol–water partition coefficient (Wildman–Crippen LogP) is 4.61. The van der Waals surface area contributed by atoms with E-state index in [4.69, 9.17) is 9.42 Å². The Kier molecular flexibility index (Phi) is 9.24. The highest BCUT2D eigenvalue weighted by Gasteiger charge is 2.02. The van der Waals surface area contributed by atoms with Gasteiger partial charge < -0.3 is 9.42 Å². The minimum absolute atomic E-state index is 0.391. The standard InChI is InChI=1S/C13H13N2O2P.C4H10/c1-2-13-14-7-6-12(15-13)11-5-3-4-10(8-11)9-17-18-16;1-3-4-2/h2-8,16,18H,1,9H2;3-4H2,1-2H3. The van der Waals surface area contributed by atoms with Gasteiger partial charge in [0.25, 0.3) is 0 Å². The lowest BCUT2D eigenvalue weighted by Gasteiger charge is -2.05. The molecule has 1 aromatic heterocycles. The Morgan fingerprint density at radius 3 is 2.68 bits per heavy atom. The van der Waals surface area contributed by atoms with Crippen molar-refractivity contribution in [3.8, 4) is 11.3 Å². The van der Waals surface area contributed by atoms with Gasteiger partial charge in [-0.1, -0.05) is 51.5 Å². The van der Waals surface area contributed by atoms with Crippen LogP contribution < -0.4 is 0 Å². The number of aromatic nitrogens is 2. The van der Waals surface area contributed by atoms with Crippen LogP contribution in [0.25, 0.3) is 17.3 Å². The van der Waals surface area contributed by atoms with E-state index < -0.39 is 9.03 Å². The quantitative estimate of drug-likeness (QED) is 0.790. The summed E-state index contributed by atoms with van der Waals surface area (Å²) in [7, 11) is -0.494. The summed E-state index contributed by atoms with van der Waals surface area (Å²) in [6, 6.07) is 9.68. The molecule has 0 aliphatic carbocycles. The van der Waals surface area contributed by atoms with Gasteiger partial charge in [-0.2, -0.15) is 0 Å². The second kappa shape index (κ2) is 11.0.